The summed E-state index contributed by atoms with van der Waals surface area (Å²) in [5.41, 5.74) is 2.21. The predicted octanol–water partition coefficient (Wildman–Crippen LogP) is 3.32. The van der Waals surface area contributed by atoms with Crippen molar-refractivity contribution >= 4 is 5.91 Å². The van der Waals surface area contributed by atoms with Gasteiger partial charge in [0.05, 0.1) is 12.1 Å². The van der Waals surface area contributed by atoms with Crippen LogP contribution in [0, 0.1) is 23.0 Å². The van der Waals surface area contributed by atoms with Crippen molar-refractivity contribution in [3.05, 3.63) is 59.7 Å². The molecular formula is C21H21F2N3O. The fourth-order valence-corrected chi connectivity index (χ4v) is 3.22. The molecule has 0 saturated carbocycles. The van der Waals surface area contributed by atoms with Gasteiger partial charge in [0.15, 0.2) is 11.6 Å². The molecule has 1 unspecified atom stereocenters. The SMILES string of the molecule is N#C[C@H](Cc1ccc(-c2ccc(F)c(F)c2)cc1)NC(=O)C1CCCCN1. The van der Waals surface area contributed by atoms with E-state index in [1.807, 2.05) is 12.1 Å². The zero-order valence-corrected chi connectivity index (χ0v) is 14.8. The number of hydrogen-bond acceptors (Lipinski definition) is 3. The Bertz CT molecular complexity index is 839. The standard InChI is InChI=1S/C21H21F2N3O/c22-18-9-8-16(12-19(18)23)15-6-4-14(5-7-15)11-17(13-24)26-21(27)20-3-1-2-10-25-20/h4-9,12,17,20,25H,1-3,10-11H2,(H,26,27)/t17-,20?/m0/s1. The first-order chi connectivity index (χ1) is 13.1. The normalized spacial score (nSPS) is 17.7. The number of piperidine rings is 1. The van der Waals surface area contributed by atoms with Crippen molar-refractivity contribution in [2.45, 2.75) is 37.8 Å². The molecule has 2 N–H and O–H groups in total. The number of nitrogens with zero attached hydrogens (tertiary/aromatic N) is 1. The summed E-state index contributed by atoms with van der Waals surface area (Å²) in [6.07, 6.45) is 3.24. The van der Waals surface area contributed by atoms with Crippen molar-refractivity contribution in [2.75, 3.05) is 6.54 Å². The summed E-state index contributed by atoms with van der Waals surface area (Å²) in [4.78, 5) is 12.3. The van der Waals surface area contributed by atoms with Gasteiger partial charge in [-0.1, -0.05) is 36.8 Å². The Labute approximate surface area is 157 Å². The zero-order chi connectivity index (χ0) is 19.2. The summed E-state index contributed by atoms with van der Waals surface area (Å²) in [6, 6.07) is 12.3. The maximum Gasteiger partial charge on any atom is 0.238 e. The minimum Gasteiger partial charge on any atom is -0.339 e. The van der Waals surface area contributed by atoms with Crippen LogP contribution in [0.2, 0.25) is 0 Å². The van der Waals surface area contributed by atoms with E-state index in [1.165, 1.54) is 6.07 Å². The molecule has 27 heavy (non-hydrogen) atoms. The fraction of sp³-hybridized carbons (Fsp3) is 0.333. The maximum absolute atomic E-state index is 13.4. The molecule has 1 aliphatic heterocycles. The number of halogens is 2. The van der Waals surface area contributed by atoms with Gasteiger partial charge >= 0.3 is 0 Å². The third kappa shape index (κ3) is 4.89. The lowest BCUT2D eigenvalue weighted by Gasteiger charge is -2.23. The molecule has 2 atom stereocenters. The number of rotatable bonds is 5. The first-order valence-electron chi connectivity index (χ1n) is 9.04. The molecule has 1 amide bonds. The third-order valence-electron chi connectivity index (χ3n) is 4.75. The average molecular weight is 369 g/mol. The van der Waals surface area contributed by atoms with Crippen molar-refractivity contribution < 1.29 is 13.6 Å². The van der Waals surface area contributed by atoms with Crippen molar-refractivity contribution in [1.29, 1.82) is 5.26 Å². The Morgan fingerprint density at radius 1 is 1.15 bits per heavy atom. The lowest BCUT2D eigenvalue weighted by molar-refractivity contribution is -0.124. The van der Waals surface area contributed by atoms with Crippen LogP contribution in [-0.2, 0) is 11.2 Å². The molecule has 0 aliphatic carbocycles. The molecular weight excluding hydrogens is 348 g/mol. The number of carbonyl (C=O) groups is 1. The molecule has 2 aromatic rings. The molecule has 0 aromatic heterocycles. The highest BCUT2D eigenvalue weighted by Gasteiger charge is 2.23. The fourth-order valence-electron chi connectivity index (χ4n) is 3.22. The van der Waals surface area contributed by atoms with Gasteiger partial charge < -0.3 is 10.6 Å². The van der Waals surface area contributed by atoms with Crippen molar-refractivity contribution in [3.63, 3.8) is 0 Å². The highest BCUT2D eigenvalue weighted by atomic mass is 19.2. The minimum absolute atomic E-state index is 0.139. The first-order valence-corrected chi connectivity index (χ1v) is 9.04. The Morgan fingerprint density at radius 2 is 1.89 bits per heavy atom. The second-order valence-electron chi connectivity index (χ2n) is 6.72. The van der Waals surface area contributed by atoms with Gasteiger partial charge in [0, 0.05) is 6.42 Å². The summed E-state index contributed by atoms with van der Waals surface area (Å²) in [6.45, 7) is 0.820. The van der Waals surface area contributed by atoms with Crippen LogP contribution in [0.1, 0.15) is 24.8 Å². The summed E-state index contributed by atoms with van der Waals surface area (Å²) in [5, 5.41) is 15.3. The molecule has 0 bridgehead atoms. The quantitative estimate of drug-likeness (QED) is 0.850. The second kappa shape index (κ2) is 8.74. The van der Waals surface area contributed by atoms with E-state index < -0.39 is 17.7 Å². The minimum atomic E-state index is -0.889. The van der Waals surface area contributed by atoms with Crippen LogP contribution in [-0.4, -0.2) is 24.5 Å². The zero-order valence-electron chi connectivity index (χ0n) is 14.8. The van der Waals surface area contributed by atoms with E-state index in [-0.39, 0.29) is 11.9 Å². The summed E-state index contributed by atoms with van der Waals surface area (Å²) >= 11 is 0. The number of hydrogen-bond donors (Lipinski definition) is 2. The molecule has 1 aliphatic rings. The van der Waals surface area contributed by atoms with Crippen LogP contribution >= 0.6 is 0 Å². The van der Waals surface area contributed by atoms with Crippen molar-refractivity contribution in [2.24, 2.45) is 0 Å². The molecule has 0 radical (unpaired) electrons. The Hall–Kier alpha value is -2.78. The van der Waals surface area contributed by atoms with Gasteiger partial charge in [-0.2, -0.15) is 5.26 Å². The van der Waals surface area contributed by atoms with Gasteiger partial charge in [-0.3, -0.25) is 4.79 Å². The highest BCUT2D eigenvalue weighted by molar-refractivity contribution is 5.82. The van der Waals surface area contributed by atoms with E-state index in [4.69, 9.17) is 0 Å². The molecule has 4 nitrogen and oxygen atoms in total. The van der Waals surface area contributed by atoms with Crippen LogP contribution in [0.25, 0.3) is 11.1 Å². The molecule has 6 heteroatoms. The van der Waals surface area contributed by atoms with Crippen LogP contribution in [0.4, 0.5) is 8.78 Å². The summed E-state index contributed by atoms with van der Waals surface area (Å²) < 4.78 is 26.4. The van der Waals surface area contributed by atoms with E-state index in [0.29, 0.717) is 12.0 Å². The lowest BCUT2D eigenvalue weighted by Crippen LogP contribution is -2.49. The van der Waals surface area contributed by atoms with E-state index >= 15 is 0 Å². The van der Waals surface area contributed by atoms with Gasteiger partial charge in [0.2, 0.25) is 5.91 Å². The maximum atomic E-state index is 13.4. The Kier molecular flexibility index (Phi) is 6.15. The van der Waals surface area contributed by atoms with E-state index in [1.54, 1.807) is 12.1 Å². The van der Waals surface area contributed by atoms with Gasteiger partial charge in [0.1, 0.15) is 6.04 Å². The van der Waals surface area contributed by atoms with E-state index in [0.717, 1.165) is 49.1 Å². The Balaban J connectivity index is 1.63. The monoisotopic (exact) mass is 369 g/mol. The smallest absolute Gasteiger partial charge is 0.238 e. The molecule has 0 spiro atoms. The molecule has 140 valence electrons. The topological polar surface area (TPSA) is 64.9 Å². The average Bonchev–Trinajstić information content (AvgIpc) is 2.70. The largest absolute Gasteiger partial charge is 0.339 e. The van der Waals surface area contributed by atoms with Gasteiger partial charge in [0.25, 0.3) is 0 Å². The number of nitriles is 1. The Morgan fingerprint density at radius 3 is 2.52 bits per heavy atom. The molecule has 1 fully saturated rings. The number of carbonyl (C=O) groups excluding carboxylic acids is 1. The van der Waals surface area contributed by atoms with Crippen LogP contribution < -0.4 is 10.6 Å². The highest BCUT2D eigenvalue weighted by Crippen LogP contribution is 2.22. The van der Waals surface area contributed by atoms with Gasteiger partial charge in [-0.25, -0.2) is 8.78 Å². The van der Waals surface area contributed by atoms with Crippen LogP contribution in [0.3, 0.4) is 0 Å². The van der Waals surface area contributed by atoms with Crippen molar-refractivity contribution in [1.82, 2.24) is 10.6 Å². The number of amides is 1. The van der Waals surface area contributed by atoms with E-state index in [2.05, 4.69) is 16.7 Å². The van der Waals surface area contributed by atoms with Crippen LogP contribution in [0.5, 0.6) is 0 Å². The molecule has 2 aromatic carbocycles. The molecule has 1 saturated heterocycles. The van der Waals surface area contributed by atoms with E-state index in [9.17, 15) is 18.8 Å². The molecule has 1 heterocycles. The molecule has 3 rings (SSSR count). The van der Waals surface area contributed by atoms with Crippen molar-refractivity contribution in [3.8, 4) is 17.2 Å². The van der Waals surface area contributed by atoms with Gasteiger partial charge in [-0.15, -0.1) is 0 Å². The summed E-state index contributed by atoms with van der Waals surface area (Å²) in [5.74, 6) is -1.91. The first kappa shape index (κ1) is 19.0. The number of nitrogens with one attached hydrogen (secondary N) is 2. The summed E-state index contributed by atoms with van der Waals surface area (Å²) in [7, 11) is 0. The third-order valence-corrected chi connectivity index (χ3v) is 4.75. The predicted molar refractivity (Wildman–Crippen MR) is 98.7 cm³/mol. The van der Waals surface area contributed by atoms with Gasteiger partial charge in [-0.05, 0) is 48.2 Å². The lowest BCUT2D eigenvalue weighted by atomic mass is 10.00. The second-order valence-corrected chi connectivity index (χ2v) is 6.72. The van der Waals surface area contributed by atoms with Crippen LogP contribution in [0.15, 0.2) is 42.5 Å². The number of benzene rings is 2.